The zero-order chi connectivity index (χ0) is 16.7. The third kappa shape index (κ3) is 3.55. The van der Waals surface area contributed by atoms with Crippen molar-refractivity contribution < 1.29 is 14.7 Å². The van der Waals surface area contributed by atoms with Gasteiger partial charge in [-0.1, -0.05) is 55.4 Å². The molecule has 3 nitrogen and oxygen atoms in total. The summed E-state index contributed by atoms with van der Waals surface area (Å²) in [6, 6.07) is 0. The monoisotopic (exact) mass is 312 g/mol. The Balaban J connectivity index is 0.000000385. The second kappa shape index (κ2) is 6.33. The van der Waals surface area contributed by atoms with Gasteiger partial charge >= 0.3 is 5.97 Å². The Labute approximate surface area is 136 Å². The van der Waals surface area contributed by atoms with Crippen molar-refractivity contribution >= 4 is 11.8 Å². The lowest BCUT2D eigenvalue weighted by molar-refractivity contribution is -0.147. The minimum Gasteiger partial charge on any atom is -0.481 e. The fourth-order valence-corrected chi connectivity index (χ4v) is 3.57. The number of carbonyl (C=O) groups excluding carboxylic acids is 1. The predicted molar refractivity (Wildman–Crippen MR) is 91.9 cm³/mol. The van der Waals surface area contributed by atoms with E-state index in [0.29, 0.717) is 5.78 Å². The fraction of sp³-hybridized carbons (Fsp3) is 0.895. The van der Waals surface area contributed by atoms with Crippen LogP contribution in [0.5, 0.6) is 0 Å². The summed E-state index contributed by atoms with van der Waals surface area (Å²) in [5.41, 5.74) is -0.282. The summed E-state index contributed by atoms with van der Waals surface area (Å²) in [5, 5.41) is 8.84. The molecule has 0 unspecified atom stereocenters. The highest BCUT2D eigenvalue weighted by Crippen LogP contribution is 2.58. The smallest absolute Gasteiger partial charge is 0.310 e. The number of carbonyl (C=O) groups is 2. The van der Waals surface area contributed by atoms with Gasteiger partial charge in [0.15, 0.2) is 0 Å². The van der Waals surface area contributed by atoms with Crippen molar-refractivity contribution in [2.45, 2.75) is 88.0 Å². The Bertz CT molecular complexity index is 413. The maximum Gasteiger partial charge on any atom is 0.310 e. The molecule has 0 atom stereocenters. The van der Waals surface area contributed by atoms with Crippen LogP contribution in [-0.2, 0) is 9.59 Å². The van der Waals surface area contributed by atoms with Crippen LogP contribution in [0.3, 0.4) is 0 Å². The molecule has 0 bridgehead atoms. The van der Waals surface area contributed by atoms with E-state index in [1.807, 2.05) is 20.8 Å². The molecule has 0 aliphatic heterocycles. The van der Waals surface area contributed by atoms with Crippen LogP contribution < -0.4 is 0 Å². The summed E-state index contributed by atoms with van der Waals surface area (Å²) < 4.78 is 0. The third-order valence-corrected chi connectivity index (χ3v) is 5.91. The molecule has 0 radical (unpaired) electrons. The van der Waals surface area contributed by atoms with Crippen LogP contribution in [0.1, 0.15) is 88.0 Å². The summed E-state index contributed by atoms with van der Waals surface area (Å²) in [7, 11) is 0. The Morgan fingerprint density at radius 1 is 0.818 bits per heavy atom. The molecular weight excluding hydrogens is 276 g/mol. The first-order chi connectivity index (χ1) is 9.30. The lowest BCUT2D eigenvalue weighted by Gasteiger charge is -2.49. The van der Waals surface area contributed by atoms with E-state index in [9.17, 15) is 9.59 Å². The maximum absolute atomic E-state index is 11.4. The molecule has 0 aromatic carbocycles. The molecule has 22 heavy (non-hydrogen) atoms. The van der Waals surface area contributed by atoms with Gasteiger partial charge in [0.25, 0.3) is 0 Å². The molecule has 0 heterocycles. The molecule has 3 heteroatoms. The summed E-state index contributed by atoms with van der Waals surface area (Å²) >= 11 is 0. The zero-order valence-corrected chi connectivity index (χ0v) is 14.8. The molecule has 0 amide bonds. The first-order valence-electron chi connectivity index (χ1n) is 8.05. The topological polar surface area (TPSA) is 54.4 Å². The SMILES string of the molecule is C.CC(=O)C1(C(C)(C)C)CCC1.CC(C)(C)C1(C(=O)O)CC1. The van der Waals surface area contributed by atoms with Gasteiger partial charge in [0, 0.05) is 5.41 Å². The number of carboxylic acid groups (broad SMARTS) is 1. The summed E-state index contributed by atoms with van der Waals surface area (Å²) in [5.74, 6) is -0.240. The zero-order valence-electron chi connectivity index (χ0n) is 14.8. The first-order valence-corrected chi connectivity index (χ1v) is 8.05. The van der Waals surface area contributed by atoms with Gasteiger partial charge in [0.05, 0.1) is 5.41 Å². The van der Waals surface area contributed by atoms with Crippen molar-refractivity contribution in [2.75, 3.05) is 0 Å². The minimum absolute atomic E-state index is 0. The van der Waals surface area contributed by atoms with Crippen molar-refractivity contribution in [3.63, 3.8) is 0 Å². The van der Waals surface area contributed by atoms with E-state index < -0.39 is 11.4 Å². The second-order valence-electron chi connectivity index (χ2n) is 8.88. The lowest BCUT2D eigenvalue weighted by Crippen LogP contribution is -2.47. The number of aliphatic carboxylic acids is 1. The molecule has 2 aliphatic rings. The maximum atomic E-state index is 11.4. The highest BCUT2D eigenvalue weighted by molar-refractivity contribution is 5.84. The van der Waals surface area contributed by atoms with Gasteiger partial charge in [0.1, 0.15) is 5.78 Å². The molecule has 0 saturated heterocycles. The minimum atomic E-state index is -0.625. The van der Waals surface area contributed by atoms with Crippen LogP contribution in [0.15, 0.2) is 0 Å². The van der Waals surface area contributed by atoms with Crippen molar-refractivity contribution in [3.8, 4) is 0 Å². The second-order valence-corrected chi connectivity index (χ2v) is 8.88. The highest BCUT2D eigenvalue weighted by atomic mass is 16.4. The van der Waals surface area contributed by atoms with E-state index in [-0.39, 0.29) is 23.7 Å². The molecule has 2 saturated carbocycles. The number of carboxylic acids is 1. The van der Waals surface area contributed by atoms with Crippen LogP contribution in [0, 0.1) is 21.7 Å². The van der Waals surface area contributed by atoms with Gasteiger partial charge in [-0.3, -0.25) is 9.59 Å². The van der Waals surface area contributed by atoms with Gasteiger partial charge in [-0.05, 0) is 43.4 Å². The van der Waals surface area contributed by atoms with Crippen molar-refractivity contribution in [1.82, 2.24) is 0 Å². The van der Waals surface area contributed by atoms with E-state index in [4.69, 9.17) is 5.11 Å². The molecular formula is C19H36O3. The van der Waals surface area contributed by atoms with E-state index in [2.05, 4.69) is 20.8 Å². The molecule has 0 spiro atoms. The average molecular weight is 312 g/mol. The average Bonchev–Trinajstić information content (AvgIpc) is 2.90. The van der Waals surface area contributed by atoms with Crippen LogP contribution in [0.4, 0.5) is 0 Å². The molecule has 2 fully saturated rings. The van der Waals surface area contributed by atoms with E-state index in [1.165, 1.54) is 6.42 Å². The lowest BCUT2D eigenvalue weighted by atomic mass is 9.53. The van der Waals surface area contributed by atoms with Crippen LogP contribution in [0.2, 0.25) is 0 Å². The molecule has 2 aliphatic carbocycles. The van der Waals surface area contributed by atoms with Crippen molar-refractivity contribution in [3.05, 3.63) is 0 Å². The van der Waals surface area contributed by atoms with Gasteiger partial charge in [-0.25, -0.2) is 0 Å². The normalized spacial score (nSPS) is 21.4. The summed E-state index contributed by atoms with van der Waals surface area (Å²) in [6.07, 6.45) is 5.15. The van der Waals surface area contributed by atoms with Gasteiger partial charge in [-0.2, -0.15) is 0 Å². The summed E-state index contributed by atoms with van der Waals surface area (Å²) in [6.45, 7) is 14.2. The quantitative estimate of drug-likeness (QED) is 0.750. The first kappa shape index (κ1) is 21.1. The van der Waals surface area contributed by atoms with Crippen LogP contribution in [0.25, 0.3) is 0 Å². The molecule has 0 aromatic rings. The molecule has 130 valence electrons. The van der Waals surface area contributed by atoms with Crippen molar-refractivity contribution in [1.29, 1.82) is 0 Å². The van der Waals surface area contributed by atoms with E-state index in [0.717, 1.165) is 25.7 Å². The largest absolute Gasteiger partial charge is 0.481 e. The predicted octanol–water partition coefficient (Wildman–Crippen LogP) is 5.33. The van der Waals surface area contributed by atoms with Gasteiger partial charge < -0.3 is 5.11 Å². The Morgan fingerprint density at radius 2 is 1.18 bits per heavy atom. The number of Topliss-reactive ketones (excluding diaryl/α,β-unsaturated/α-hetero) is 1. The third-order valence-electron chi connectivity index (χ3n) is 5.91. The highest BCUT2D eigenvalue weighted by Gasteiger charge is 2.58. The van der Waals surface area contributed by atoms with Gasteiger partial charge in [-0.15, -0.1) is 0 Å². The number of rotatable bonds is 2. The molecule has 1 N–H and O–H groups in total. The standard InChI is InChI=1S/C10H18O.C8H14O2.CH4/c1-8(11)10(6-5-7-10)9(2,3)4;1-7(2,3)8(4-5-8)6(9)10;/h5-7H2,1-4H3;4-5H2,1-3H3,(H,9,10);1H4. The summed E-state index contributed by atoms with van der Waals surface area (Å²) in [4.78, 5) is 22.1. The van der Waals surface area contributed by atoms with Crippen LogP contribution in [-0.4, -0.2) is 16.9 Å². The fourth-order valence-electron chi connectivity index (χ4n) is 3.57. The van der Waals surface area contributed by atoms with E-state index in [1.54, 1.807) is 6.92 Å². The number of ketones is 1. The number of hydrogen-bond acceptors (Lipinski definition) is 2. The Kier molecular flexibility index (Phi) is 6.08. The van der Waals surface area contributed by atoms with E-state index >= 15 is 0 Å². The van der Waals surface area contributed by atoms with Crippen LogP contribution >= 0.6 is 0 Å². The van der Waals surface area contributed by atoms with Gasteiger partial charge in [0.2, 0.25) is 0 Å². The number of hydrogen-bond donors (Lipinski definition) is 1. The Morgan fingerprint density at radius 3 is 1.18 bits per heavy atom. The molecule has 0 aromatic heterocycles. The Hall–Kier alpha value is -0.860. The molecule has 2 rings (SSSR count). The van der Waals surface area contributed by atoms with Crippen molar-refractivity contribution in [2.24, 2.45) is 21.7 Å².